The van der Waals surface area contributed by atoms with Gasteiger partial charge in [0.1, 0.15) is 5.82 Å². The Hall–Kier alpha value is -1.38. The maximum Gasteiger partial charge on any atom is 0.305 e. The molecule has 0 amide bonds. The number of carbonyl (C=O) groups excluding carboxylic acids is 1. The summed E-state index contributed by atoms with van der Waals surface area (Å²) in [6, 6.07) is 6.80. The van der Waals surface area contributed by atoms with E-state index in [1.807, 2.05) is 6.07 Å². The van der Waals surface area contributed by atoms with Gasteiger partial charge in [0.15, 0.2) is 0 Å². The largest absolute Gasteiger partial charge is 0.469 e. The second kappa shape index (κ2) is 7.05. The zero-order chi connectivity index (χ0) is 12.7. The lowest BCUT2D eigenvalue weighted by molar-refractivity contribution is -0.140. The van der Waals surface area contributed by atoms with Crippen molar-refractivity contribution in [1.29, 1.82) is 0 Å². The molecular weight excluding hydrogens is 219 g/mol. The van der Waals surface area contributed by atoms with Crippen molar-refractivity contribution in [2.24, 2.45) is 5.92 Å². The summed E-state index contributed by atoms with van der Waals surface area (Å²) in [5.74, 6) is -0.0352. The first kappa shape index (κ1) is 13.7. The van der Waals surface area contributed by atoms with Gasteiger partial charge in [-0.3, -0.25) is 4.79 Å². The second-order valence-electron chi connectivity index (χ2n) is 4.18. The molecule has 0 spiro atoms. The van der Waals surface area contributed by atoms with Gasteiger partial charge < -0.3 is 4.74 Å². The Kier molecular flexibility index (Phi) is 5.67. The Labute approximate surface area is 102 Å². The molecule has 1 aromatic carbocycles. The monoisotopic (exact) mass is 238 g/mol. The van der Waals surface area contributed by atoms with Gasteiger partial charge in [-0.2, -0.15) is 0 Å². The molecule has 1 rings (SSSR count). The first-order valence-corrected chi connectivity index (χ1v) is 5.97. The summed E-state index contributed by atoms with van der Waals surface area (Å²) < 4.78 is 18.1. The number of esters is 1. The molecule has 1 atom stereocenters. The van der Waals surface area contributed by atoms with Crippen LogP contribution in [0.25, 0.3) is 0 Å². The van der Waals surface area contributed by atoms with Crippen LogP contribution in [0.1, 0.15) is 31.7 Å². The molecule has 0 bridgehead atoms. The zero-order valence-corrected chi connectivity index (χ0v) is 10.4. The first-order valence-electron chi connectivity index (χ1n) is 5.97. The molecule has 0 fully saturated rings. The molecule has 0 aliphatic rings. The van der Waals surface area contributed by atoms with E-state index in [2.05, 4.69) is 11.7 Å². The van der Waals surface area contributed by atoms with Crippen LogP contribution in [0.15, 0.2) is 24.3 Å². The molecule has 0 heterocycles. The van der Waals surface area contributed by atoms with Crippen molar-refractivity contribution in [3.05, 3.63) is 35.6 Å². The SMILES string of the molecule is CCC(CCC(=O)OC)Cc1ccccc1F. The third kappa shape index (κ3) is 4.55. The van der Waals surface area contributed by atoms with Crippen LogP contribution in [0.5, 0.6) is 0 Å². The van der Waals surface area contributed by atoms with E-state index in [1.54, 1.807) is 12.1 Å². The number of hydrogen-bond acceptors (Lipinski definition) is 2. The minimum absolute atomic E-state index is 0.163. The van der Waals surface area contributed by atoms with Crippen LogP contribution in [0.2, 0.25) is 0 Å². The van der Waals surface area contributed by atoms with Gasteiger partial charge in [-0.15, -0.1) is 0 Å². The van der Waals surface area contributed by atoms with Crippen LogP contribution < -0.4 is 0 Å². The molecule has 0 saturated carbocycles. The van der Waals surface area contributed by atoms with Crippen molar-refractivity contribution < 1.29 is 13.9 Å². The third-order valence-electron chi connectivity index (χ3n) is 3.03. The van der Waals surface area contributed by atoms with Crippen LogP contribution in [0.4, 0.5) is 4.39 Å². The lowest BCUT2D eigenvalue weighted by atomic mass is 9.92. The Morgan fingerprint density at radius 1 is 1.41 bits per heavy atom. The van der Waals surface area contributed by atoms with Crippen molar-refractivity contribution >= 4 is 5.97 Å². The van der Waals surface area contributed by atoms with Crippen molar-refractivity contribution in [3.8, 4) is 0 Å². The highest BCUT2D eigenvalue weighted by molar-refractivity contribution is 5.69. The quantitative estimate of drug-likeness (QED) is 0.710. The number of halogens is 1. The number of ether oxygens (including phenoxy) is 1. The van der Waals surface area contributed by atoms with Crippen molar-refractivity contribution in [3.63, 3.8) is 0 Å². The van der Waals surface area contributed by atoms with Crippen molar-refractivity contribution in [2.75, 3.05) is 7.11 Å². The van der Waals surface area contributed by atoms with E-state index in [-0.39, 0.29) is 11.8 Å². The molecule has 0 radical (unpaired) electrons. The number of hydrogen-bond donors (Lipinski definition) is 0. The Bertz CT molecular complexity index is 363. The summed E-state index contributed by atoms with van der Waals surface area (Å²) in [6.07, 6.45) is 2.77. The highest BCUT2D eigenvalue weighted by Crippen LogP contribution is 2.19. The minimum Gasteiger partial charge on any atom is -0.469 e. The van der Waals surface area contributed by atoms with Gasteiger partial charge in [0, 0.05) is 6.42 Å². The van der Waals surface area contributed by atoms with E-state index in [4.69, 9.17) is 0 Å². The number of carbonyl (C=O) groups is 1. The van der Waals surface area contributed by atoms with Gasteiger partial charge >= 0.3 is 5.97 Å². The average Bonchev–Trinajstić information content (AvgIpc) is 2.36. The van der Waals surface area contributed by atoms with Crippen molar-refractivity contribution in [2.45, 2.75) is 32.6 Å². The van der Waals surface area contributed by atoms with Crippen molar-refractivity contribution in [1.82, 2.24) is 0 Å². The maximum atomic E-state index is 13.5. The highest BCUT2D eigenvalue weighted by atomic mass is 19.1. The molecule has 0 aliphatic heterocycles. The van der Waals surface area contributed by atoms with Crippen LogP contribution in [0.3, 0.4) is 0 Å². The van der Waals surface area contributed by atoms with Gasteiger partial charge in [0.05, 0.1) is 7.11 Å². The molecule has 0 aliphatic carbocycles. The van der Waals surface area contributed by atoms with Gasteiger partial charge in [0.25, 0.3) is 0 Å². The van der Waals surface area contributed by atoms with E-state index >= 15 is 0 Å². The van der Waals surface area contributed by atoms with Crippen LogP contribution in [-0.4, -0.2) is 13.1 Å². The molecule has 0 aromatic heterocycles. The summed E-state index contributed by atoms with van der Waals surface area (Å²) in [7, 11) is 1.39. The third-order valence-corrected chi connectivity index (χ3v) is 3.03. The van der Waals surface area contributed by atoms with Crippen LogP contribution in [-0.2, 0) is 16.0 Å². The second-order valence-corrected chi connectivity index (χ2v) is 4.18. The fourth-order valence-corrected chi connectivity index (χ4v) is 1.85. The molecular formula is C14H19FO2. The first-order chi connectivity index (χ1) is 8.17. The summed E-state index contributed by atoms with van der Waals surface area (Å²) in [4.78, 5) is 11.1. The average molecular weight is 238 g/mol. The molecule has 2 nitrogen and oxygen atoms in total. The van der Waals surface area contributed by atoms with Crippen LogP contribution in [0, 0.1) is 11.7 Å². The molecule has 3 heteroatoms. The standard InChI is InChI=1S/C14H19FO2/c1-3-11(8-9-14(16)17-2)10-12-6-4-5-7-13(12)15/h4-7,11H,3,8-10H2,1-2H3. The fourth-order valence-electron chi connectivity index (χ4n) is 1.85. The number of rotatable bonds is 6. The van der Waals surface area contributed by atoms with E-state index < -0.39 is 0 Å². The number of methoxy groups -OCH3 is 1. The molecule has 1 unspecified atom stereocenters. The molecule has 17 heavy (non-hydrogen) atoms. The van der Waals surface area contributed by atoms with Gasteiger partial charge in [-0.05, 0) is 30.4 Å². The lowest BCUT2D eigenvalue weighted by Crippen LogP contribution is -2.09. The molecule has 0 saturated heterocycles. The molecule has 0 N–H and O–H groups in total. The predicted molar refractivity (Wildman–Crippen MR) is 65.1 cm³/mol. The van der Waals surface area contributed by atoms with E-state index in [0.717, 1.165) is 18.4 Å². The van der Waals surface area contributed by atoms with E-state index in [0.29, 0.717) is 18.8 Å². The lowest BCUT2D eigenvalue weighted by Gasteiger charge is -2.14. The van der Waals surface area contributed by atoms with Crippen LogP contribution >= 0.6 is 0 Å². The predicted octanol–water partition coefficient (Wildman–Crippen LogP) is 3.35. The zero-order valence-electron chi connectivity index (χ0n) is 10.4. The summed E-state index contributed by atoms with van der Waals surface area (Å²) in [5, 5.41) is 0. The summed E-state index contributed by atoms with van der Waals surface area (Å²) >= 11 is 0. The maximum absolute atomic E-state index is 13.5. The molecule has 1 aromatic rings. The Balaban J connectivity index is 2.52. The Morgan fingerprint density at radius 2 is 2.12 bits per heavy atom. The topological polar surface area (TPSA) is 26.3 Å². The summed E-state index contributed by atoms with van der Waals surface area (Å²) in [5.41, 5.74) is 0.726. The summed E-state index contributed by atoms with van der Waals surface area (Å²) in [6.45, 7) is 2.06. The highest BCUT2D eigenvalue weighted by Gasteiger charge is 2.12. The van der Waals surface area contributed by atoms with Gasteiger partial charge in [0.2, 0.25) is 0 Å². The van der Waals surface area contributed by atoms with E-state index in [9.17, 15) is 9.18 Å². The minimum atomic E-state index is -0.197. The van der Waals surface area contributed by atoms with Gasteiger partial charge in [-0.25, -0.2) is 4.39 Å². The fraction of sp³-hybridized carbons (Fsp3) is 0.500. The van der Waals surface area contributed by atoms with E-state index in [1.165, 1.54) is 13.2 Å². The van der Waals surface area contributed by atoms with Gasteiger partial charge in [-0.1, -0.05) is 31.5 Å². The Morgan fingerprint density at radius 3 is 2.71 bits per heavy atom. The normalized spacial score (nSPS) is 12.2. The smallest absolute Gasteiger partial charge is 0.305 e. The molecule has 94 valence electrons. The number of benzene rings is 1.